The number of furan rings is 1. The first kappa shape index (κ1) is 90.4. The second-order valence-electron chi connectivity index (χ2n) is 36.4. The maximum atomic E-state index is 13.0. The third-order valence-electron chi connectivity index (χ3n) is 25.7. The lowest BCUT2D eigenvalue weighted by Crippen LogP contribution is -2.29. The molecule has 5 atom stereocenters. The second kappa shape index (κ2) is 38.1. The standard InChI is InChI=1S/C22H21N5O2.C22H20N4O2.C22H20N4OS.C21H19N5O2.C21H19N5OS/c1-13-3-5-15-8-17(22(28)25-18(15)7-13)20-21(24-10-16-9-23-12-29-16)27-11-14(2)4-6-19(27)26-20;2*1-13-5-7-15-11-16(22(27)23-17(15)10-13)20-21(25-19-4-3-9-28-19)26-12-14(2)6-8-18(26)24-20;2*1-12-3-5-14-8-15(21(27)23-16(14)7-12)19-20(25-18-9-22-11-28-18)26-10-13(2)4-6-17(26)24-19/h3-7,9,11-12,17,24H,8,10H2,1-2H3,(H,25,28);2*3-10,12,16,25H,11H2,1-2H3,(H,23,27);2*3-7,9-11,15,25H,8H2,1-2H3,(H,23,27). The van der Waals surface area contributed by atoms with Crippen LogP contribution in [0.1, 0.15) is 147 Å². The molecule has 141 heavy (non-hydrogen) atoms. The number of nitrogens with one attached hydrogen (secondary N) is 10. The number of hydrogen-bond acceptors (Lipinski definition) is 23. The highest BCUT2D eigenvalue weighted by Crippen LogP contribution is 2.45. The van der Waals surface area contributed by atoms with Crippen molar-refractivity contribution in [1.82, 2.24) is 61.9 Å². The molecule has 0 saturated carbocycles. The molecule has 20 aromatic rings. The van der Waals surface area contributed by atoms with Crippen LogP contribution in [0.15, 0.2) is 269 Å². The number of aromatic nitrogens is 13. The third-order valence-corrected chi connectivity index (χ3v) is 27.2. The van der Waals surface area contributed by atoms with Gasteiger partial charge >= 0.3 is 0 Å². The number of hydrogen-bond donors (Lipinski definition) is 10. The third kappa shape index (κ3) is 18.8. The number of fused-ring (bicyclic) bond motifs is 10. The average Bonchev–Trinajstić information content (AvgIpc) is 1.61. The van der Waals surface area contributed by atoms with Gasteiger partial charge in [0.05, 0.1) is 100.0 Å². The zero-order valence-corrected chi connectivity index (χ0v) is 80.4. The molecular weight excluding hydrogens is 1810 g/mol. The Balaban J connectivity index is 0.000000104. The van der Waals surface area contributed by atoms with Crippen LogP contribution in [0.25, 0.3) is 28.2 Å². The molecule has 5 amide bonds. The predicted octanol–water partition coefficient (Wildman–Crippen LogP) is 21.8. The van der Waals surface area contributed by atoms with Gasteiger partial charge in [-0.05, 0) is 269 Å². The Morgan fingerprint density at radius 2 is 0.645 bits per heavy atom. The van der Waals surface area contributed by atoms with Gasteiger partial charge in [0.2, 0.25) is 35.4 Å². The van der Waals surface area contributed by atoms with Crippen LogP contribution in [-0.4, -0.2) is 91.4 Å². The SMILES string of the molecule is Cc1ccc2c(c1)NC(=O)C(c1nc3ccc(C)cn3c1NCc1cnco1)C2.Cc1ccc2c(c1)NC(=O)C(c1nc3ccc(C)cn3c1Nc1ccco1)C2.Cc1ccc2c(c1)NC(=O)C(c1nc3ccc(C)cn3c1Nc1cccs1)C2.Cc1ccc2c(c1)NC(=O)C(c1nc3ccc(C)cn3c1Nc1cnco1)C2.Cc1ccc2c(c1)NC(=O)C(c1nc3ccc(C)cn3c1Nc1cncs1)C2. The van der Waals surface area contributed by atoms with E-state index in [1.807, 2.05) is 230 Å². The molecule has 0 saturated heterocycles. The van der Waals surface area contributed by atoms with Gasteiger partial charge in [0.15, 0.2) is 18.7 Å². The molecule has 15 aromatic heterocycles. The zero-order chi connectivity index (χ0) is 97.0. The molecule has 0 bridgehead atoms. The number of pyridine rings is 5. The summed E-state index contributed by atoms with van der Waals surface area (Å²) in [5.74, 6) is 3.76. The maximum absolute atomic E-state index is 13.0. The van der Waals surface area contributed by atoms with Crippen LogP contribution in [0.4, 0.5) is 79.3 Å². The lowest BCUT2D eigenvalue weighted by molar-refractivity contribution is -0.118. The largest absolute Gasteiger partial charge is 0.449 e. The number of carbonyl (C=O) groups is 5. The molecule has 0 radical (unpaired) electrons. The number of aryl methyl sites for hydroxylation is 10. The van der Waals surface area contributed by atoms with E-state index in [2.05, 4.69) is 142 Å². The number of carbonyl (C=O) groups excluding carboxylic acids is 5. The normalized spacial score (nSPS) is 16.0. The monoisotopic (exact) mass is 1910 g/mol. The number of amides is 5. The van der Waals surface area contributed by atoms with Crippen LogP contribution in [0.5, 0.6) is 0 Å². The van der Waals surface area contributed by atoms with Gasteiger partial charge in [0.1, 0.15) is 68.1 Å². The first-order valence-electron chi connectivity index (χ1n) is 46.4. The average molecular weight is 1910 g/mol. The Morgan fingerprint density at radius 1 is 0.319 bits per heavy atom. The van der Waals surface area contributed by atoms with E-state index < -0.39 is 5.92 Å². The number of nitrogens with zero attached hydrogens (tertiary/aromatic N) is 13. The Morgan fingerprint density at radius 3 is 0.957 bits per heavy atom. The van der Waals surface area contributed by atoms with Crippen molar-refractivity contribution in [1.29, 1.82) is 0 Å². The fraction of sp³-hybridized carbons (Fsp3) is 0.194. The molecule has 33 heteroatoms. The van der Waals surface area contributed by atoms with Gasteiger partial charge in [-0.3, -0.25) is 51.0 Å². The van der Waals surface area contributed by atoms with Crippen LogP contribution >= 0.6 is 22.7 Å². The molecule has 0 fully saturated rings. The molecule has 31 nitrogen and oxygen atoms in total. The summed E-state index contributed by atoms with van der Waals surface area (Å²) in [4.78, 5) is 101. The number of rotatable bonds is 16. The zero-order valence-electron chi connectivity index (χ0n) is 78.8. The number of thiophene rings is 1. The highest BCUT2D eigenvalue weighted by molar-refractivity contribution is 7.14. The number of thiazole rings is 1. The number of benzene rings is 5. The van der Waals surface area contributed by atoms with Crippen molar-refractivity contribution in [2.75, 3.05) is 53.2 Å². The van der Waals surface area contributed by atoms with Crippen molar-refractivity contribution in [3.8, 4) is 0 Å². The van der Waals surface area contributed by atoms with Gasteiger partial charge in [-0.2, -0.15) is 0 Å². The molecule has 20 heterocycles. The van der Waals surface area contributed by atoms with Crippen molar-refractivity contribution >= 4 is 160 Å². The van der Waals surface area contributed by atoms with Gasteiger partial charge in [-0.25, -0.2) is 34.9 Å². The summed E-state index contributed by atoms with van der Waals surface area (Å²) in [5.41, 5.74) is 30.8. The van der Waals surface area contributed by atoms with E-state index in [-0.39, 0.29) is 53.2 Å². The predicted molar refractivity (Wildman–Crippen MR) is 550 cm³/mol. The van der Waals surface area contributed by atoms with Crippen LogP contribution in [0.2, 0.25) is 0 Å². The van der Waals surface area contributed by atoms with E-state index in [0.717, 1.165) is 190 Å². The highest BCUT2D eigenvalue weighted by Gasteiger charge is 2.39. The van der Waals surface area contributed by atoms with Gasteiger partial charge < -0.3 is 66.4 Å². The first-order valence-corrected chi connectivity index (χ1v) is 48.2. The minimum Gasteiger partial charge on any atom is -0.449 e. The molecule has 5 aromatic carbocycles. The fourth-order valence-electron chi connectivity index (χ4n) is 18.6. The Labute approximate surface area is 817 Å². The van der Waals surface area contributed by atoms with Crippen molar-refractivity contribution in [3.05, 3.63) is 373 Å². The quantitative estimate of drug-likeness (QED) is 0.0429. The minimum absolute atomic E-state index is 0.00698. The summed E-state index contributed by atoms with van der Waals surface area (Å²) in [6.45, 7) is 20.8. The minimum atomic E-state index is -0.402. The van der Waals surface area contributed by atoms with E-state index in [9.17, 15) is 24.0 Å². The van der Waals surface area contributed by atoms with Crippen molar-refractivity contribution in [2.24, 2.45) is 0 Å². The van der Waals surface area contributed by atoms with Crippen molar-refractivity contribution < 1.29 is 37.2 Å². The first-order chi connectivity index (χ1) is 68.4. The molecule has 706 valence electrons. The Kier molecular flexibility index (Phi) is 24.4. The molecule has 0 aliphatic carbocycles. The van der Waals surface area contributed by atoms with Gasteiger partial charge in [0, 0.05) is 65.5 Å². The van der Waals surface area contributed by atoms with Crippen LogP contribution in [0, 0.1) is 69.2 Å². The lowest BCUT2D eigenvalue weighted by Gasteiger charge is -2.24. The van der Waals surface area contributed by atoms with E-state index in [4.69, 9.17) is 38.2 Å². The molecule has 10 N–H and O–H groups in total. The van der Waals surface area contributed by atoms with E-state index in [1.165, 1.54) is 24.1 Å². The smallest absolute Gasteiger partial charge is 0.234 e. The van der Waals surface area contributed by atoms with E-state index >= 15 is 0 Å². The van der Waals surface area contributed by atoms with E-state index in [0.29, 0.717) is 73.4 Å². The summed E-state index contributed by atoms with van der Waals surface area (Å²) in [7, 11) is 0. The highest BCUT2D eigenvalue weighted by atomic mass is 32.1. The summed E-state index contributed by atoms with van der Waals surface area (Å²) in [6.07, 6.45) is 22.6. The molecule has 25 rings (SSSR count). The Bertz CT molecular complexity index is 7430. The number of imidazole rings is 5. The van der Waals surface area contributed by atoms with Crippen molar-refractivity contribution in [3.63, 3.8) is 0 Å². The number of anilines is 14. The number of oxazole rings is 2. The summed E-state index contributed by atoms with van der Waals surface area (Å²) < 4.78 is 26.2. The topological polar surface area (TPSA) is 370 Å². The van der Waals surface area contributed by atoms with Gasteiger partial charge in [-0.1, -0.05) is 91.0 Å². The Hall–Kier alpha value is -17.1. The lowest BCUT2D eigenvalue weighted by atomic mass is 9.90. The molecule has 5 unspecified atom stereocenters. The fourth-order valence-corrected chi connectivity index (χ4v) is 19.8. The van der Waals surface area contributed by atoms with E-state index in [1.54, 1.807) is 41.7 Å². The van der Waals surface area contributed by atoms with Crippen LogP contribution < -0.4 is 53.2 Å². The molecule has 5 aliphatic heterocycles. The van der Waals surface area contributed by atoms with Gasteiger partial charge in [0.25, 0.3) is 0 Å². The summed E-state index contributed by atoms with van der Waals surface area (Å²) in [5, 5.41) is 36.1. The van der Waals surface area contributed by atoms with Crippen molar-refractivity contribution in [2.45, 2.75) is 137 Å². The molecule has 5 aliphatic rings. The summed E-state index contributed by atoms with van der Waals surface area (Å²) in [6, 6.07) is 58.5. The molecular formula is C108H99N23O8S2. The van der Waals surface area contributed by atoms with Crippen LogP contribution in [0.3, 0.4) is 0 Å². The summed E-state index contributed by atoms with van der Waals surface area (Å²) >= 11 is 3.14. The molecule has 0 spiro atoms. The maximum Gasteiger partial charge on any atom is 0.234 e. The van der Waals surface area contributed by atoms with Gasteiger partial charge in [-0.15, -0.1) is 22.7 Å². The van der Waals surface area contributed by atoms with Crippen LogP contribution in [-0.2, 0) is 62.6 Å². The second-order valence-corrected chi connectivity index (χ2v) is 38.3.